The topological polar surface area (TPSA) is 55.6 Å². The summed E-state index contributed by atoms with van der Waals surface area (Å²) in [5.41, 5.74) is 1.03. The van der Waals surface area contributed by atoms with Crippen LogP contribution in [0.2, 0.25) is 0 Å². The van der Waals surface area contributed by atoms with Gasteiger partial charge in [0.05, 0.1) is 12.2 Å². The van der Waals surface area contributed by atoms with Crippen molar-refractivity contribution in [2.75, 3.05) is 0 Å². The smallest absolute Gasteiger partial charge is 0.170 e. The van der Waals surface area contributed by atoms with Gasteiger partial charge in [-0.05, 0) is 58.0 Å². The molecular formula is C11H12IN5. The Morgan fingerprint density at radius 3 is 2.94 bits per heavy atom. The van der Waals surface area contributed by atoms with Crippen molar-refractivity contribution >= 4 is 22.6 Å². The molecule has 0 unspecified atom stereocenters. The highest BCUT2D eigenvalue weighted by molar-refractivity contribution is 14.1. The lowest BCUT2D eigenvalue weighted by molar-refractivity contribution is 0.637. The second-order valence-corrected chi connectivity index (χ2v) is 5.28. The van der Waals surface area contributed by atoms with Crippen LogP contribution in [0.1, 0.15) is 18.7 Å². The molecule has 0 aliphatic heterocycles. The fourth-order valence-corrected chi connectivity index (χ4v) is 2.27. The first-order valence-electron chi connectivity index (χ1n) is 5.60. The third-order valence-corrected chi connectivity index (χ3v) is 3.65. The van der Waals surface area contributed by atoms with Gasteiger partial charge in [-0.1, -0.05) is 12.1 Å². The van der Waals surface area contributed by atoms with Crippen molar-refractivity contribution in [3.8, 4) is 5.69 Å². The van der Waals surface area contributed by atoms with Crippen LogP contribution in [0.3, 0.4) is 0 Å². The van der Waals surface area contributed by atoms with Gasteiger partial charge in [0, 0.05) is 9.61 Å². The third-order valence-electron chi connectivity index (χ3n) is 2.74. The number of aromatic nitrogens is 4. The highest BCUT2D eigenvalue weighted by atomic mass is 127. The summed E-state index contributed by atoms with van der Waals surface area (Å²) in [6, 6.07) is 8.75. The molecular weight excluding hydrogens is 329 g/mol. The van der Waals surface area contributed by atoms with Crippen LogP contribution in [-0.2, 0) is 6.54 Å². The van der Waals surface area contributed by atoms with E-state index in [1.165, 1.54) is 12.8 Å². The number of para-hydroxylation sites is 1. The largest absolute Gasteiger partial charge is 0.307 e. The minimum Gasteiger partial charge on any atom is -0.307 e. The Kier molecular flexibility index (Phi) is 3.06. The summed E-state index contributed by atoms with van der Waals surface area (Å²) < 4.78 is 2.95. The lowest BCUT2D eigenvalue weighted by Crippen LogP contribution is -2.19. The minimum atomic E-state index is 0.662. The van der Waals surface area contributed by atoms with Crippen LogP contribution in [0.15, 0.2) is 24.3 Å². The van der Waals surface area contributed by atoms with Crippen molar-refractivity contribution in [3.05, 3.63) is 33.7 Å². The van der Waals surface area contributed by atoms with E-state index in [2.05, 4.69) is 49.5 Å². The molecule has 0 atom stereocenters. The fraction of sp³-hybridized carbons (Fsp3) is 0.364. The lowest BCUT2D eigenvalue weighted by Gasteiger charge is -2.06. The quantitative estimate of drug-likeness (QED) is 0.857. The van der Waals surface area contributed by atoms with Crippen LogP contribution < -0.4 is 5.32 Å². The molecule has 5 nitrogen and oxygen atoms in total. The Hall–Kier alpha value is -1.02. The van der Waals surface area contributed by atoms with E-state index >= 15 is 0 Å². The number of hydrogen-bond acceptors (Lipinski definition) is 4. The molecule has 0 bridgehead atoms. The Morgan fingerprint density at radius 2 is 2.18 bits per heavy atom. The van der Waals surface area contributed by atoms with Crippen LogP contribution in [0.4, 0.5) is 0 Å². The van der Waals surface area contributed by atoms with Crippen LogP contribution in [-0.4, -0.2) is 26.2 Å². The van der Waals surface area contributed by atoms with Crippen LogP contribution in [0.25, 0.3) is 5.69 Å². The van der Waals surface area contributed by atoms with E-state index in [0.29, 0.717) is 6.04 Å². The van der Waals surface area contributed by atoms with E-state index in [1.54, 1.807) is 4.68 Å². The molecule has 1 fully saturated rings. The van der Waals surface area contributed by atoms with Crippen molar-refractivity contribution < 1.29 is 0 Å². The van der Waals surface area contributed by atoms with Gasteiger partial charge < -0.3 is 5.32 Å². The first-order chi connectivity index (χ1) is 8.34. The van der Waals surface area contributed by atoms with E-state index in [0.717, 1.165) is 21.6 Å². The number of nitrogens with one attached hydrogen (secondary N) is 1. The predicted octanol–water partition coefficient (Wildman–Crippen LogP) is 1.52. The standard InChI is InChI=1S/C11H12IN5/c12-9-3-1-2-4-10(9)17-11(14-15-16-17)7-13-8-5-6-8/h1-4,8,13H,5-7H2. The Morgan fingerprint density at radius 1 is 1.35 bits per heavy atom. The molecule has 1 saturated carbocycles. The molecule has 0 radical (unpaired) electrons. The Balaban J connectivity index is 1.86. The molecule has 1 heterocycles. The molecule has 88 valence electrons. The van der Waals surface area contributed by atoms with Gasteiger partial charge in [0.25, 0.3) is 0 Å². The maximum atomic E-state index is 4.07. The molecule has 2 aromatic rings. The fourth-order valence-electron chi connectivity index (χ4n) is 1.65. The van der Waals surface area contributed by atoms with Crippen molar-refractivity contribution in [2.45, 2.75) is 25.4 Å². The molecule has 1 aliphatic rings. The van der Waals surface area contributed by atoms with E-state index in [1.807, 2.05) is 18.2 Å². The molecule has 6 heteroatoms. The minimum absolute atomic E-state index is 0.662. The van der Waals surface area contributed by atoms with E-state index in [9.17, 15) is 0 Å². The van der Waals surface area contributed by atoms with Crippen molar-refractivity contribution in [2.24, 2.45) is 0 Å². The van der Waals surface area contributed by atoms with Gasteiger partial charge >= 0.3 is 0 Å². The van der Waals surface area contributed by atoms with Gasteiger partial charge in [0.2, 0.25) is 0 Å². The summed E-state index contributed by atoms with van der Waals surface area (Å²) in [4.78, 5) is 0. The maximum Gasteiger partial charge on any atom is 0.170 e. The SMILES string of the molecule is Ic1ccccc1-n1nnnc1CNC1CC1. The molecule has 1 aliphatic carbocycles. The molecule has 1 N–H and O–H groups in total. The summed E-state index contributed by atoms with van der Waals surface area (Å²) in [5, 5.41) is 15.3. The van der Waals surface area contributed by atoms with Crippen LogP contribution in [0, 0.1) is 3.57 Å². The molecule has 17 heavy (non-hydrogen) atoms. The van der Waals surface area contributed by atoms with Gasteiger partial charge in [-0.25, -0.2) is 0 Å². The van der Waals surface area contributed by atoms with Gasteiger partial charge in [-0.2, -0.15) is 4.68 Å². The number of benzene rings is 1. The summed E-state index contributed by atoms with van der Waals surface area (Å²) >= 11 is 2.30. The normalized spacial score (nSPS) is 15.1. The summed E-state index contributed by atoms with van der Waals surface area (Å²) in [7, 11) is 0. The second kappa shape index (κ2) is 4.69. The average molecular weight is 341 g/mol. The summed E-state index contributed by atoms with van der Waals surface area (Å²) in [6.45, 7) is 0.725. The monoisotopic (exact) mass is 341 g/mol. The average Bonchev–Trinajstić information content (AvgIpc) is 3.06. The first kappa shape index (κ1) is 11.1. The number of hydrogen-bond donors (Lipinski definition) is 1. The zero-order valence-electron chi connectivity index (χ0n) is 9.17. The lowest BCUT2D eigenvalue weighted by atomic mass is 10.3. The van der Waals surface area contributed by atoms with E-state index in [4.69, 9.17) is 0 Å². The highest BCUT2D eigenvalue weighted by Gasteiger charge is 2.21. The summed E-state index contributed by atoms with van der Waals surface area (Å²) in [5.74, 6) is 0.862. The first-order valence-corrected chi connectivity index (χ1v) is 6.68. The maximum absolute atomic E-state index is 4.07. The number of rotatable bonds is 4. The molecule has 1 aromatic carbocycles. The number of nitrogens with zero attached hydrogens (tertiary/aromatic N) is 4. The third kappa shape index (κ3) is 2.47. The van der Waals surface area contributed by atoms with E-state index < -0.39 is 0 Å². The predicted molar refractivity (Wildman–Crippen MR) is 71.7 cm³/mol. The molecule has 3 rings (SSSR count). The number of tetrazole rings is 1. The Bertz CT molecular complexity index is 520. The second-order valence-electron chi connectivity index (χ2n) is 4.11. The number of halogens is 1. The zero-order chi connectivity index (χ0) is 11.7. The highest BCUT2D eigenvalue weighted by Crippen LogP contribution is 2.20. The van der Waals surface area contributed by atoms with Crippen LogP contribution in [0.5, 0.6) is 0 Å². The van der Waals surface area contributed by atoms with Gasteiger partial charge in [-0.15, -0.1) is 5.10 Å². The molecule has 0 amide bonds. The van der Waals surface area contributed by atoms with Crippen molar-refractivity contribution in [1.29, 1.82) is 0 Å². The Labute approximate surface area is 113 Å². The van der Waals surface area contributed by atoms with Gasteiger partial charge in [0.1, 0.15) is 0 Å². The van der Waals surface area contributed by atoms with Crippen molar-refractivity contribution in [3.63, 3.8) is 0 Å². The van der Waals surface area contributed by atoms with Crippen molar-refractivity contribution in [1.82, 2.24) is 25.5 Å². The van der Waals surface area contributed by atoms with Gasteiger partial charge in [0.15, 0.2) is 5.82 Å². The van der Waals surface area contributed by atoms with Crippen LogP contribution >= 0.6 is 22.6 Å². The summed E-state index contributed by atoms with van der Waals surface area (Å²) in [6.07, 6.45) is 2.54. The van der Waals surface area contributed by atoms with E-state index in [-0.39, 0.29) is 0 Å². The molecule has 0 spiro atoms. The zero-order valence-corrected chi connectivity index (χ0v) is 11.3. The molecule has 1 aromatic heterocycles. The van der Waals surface area contributed by atoms with Gasteiger partial charge in [-0.3, -0.25) is 0 Å². The molecule has 0 saturated heterocycles.